The fraction of sp³-hybridized carbons (Fsp3) is 0.231. The number of nitrogen functional groups attached to an aromatic ring is 1. The topological polar surface area (TPSA) is 82.3 Å². The van der Waals surface area contributed by atoms with Gasteiger partial charge in [-0.3, -0.25) is 0 Å². The van der Waals surface area contributed by atoms with E-state index in [4.69, 9.17) is 15.3 Å². The predicted molar refractivity (Wildman–Crippen MR) is 84.1 cm³/mol. The molecule has 0 saturated heterocycles. The van der Waals surface area contributed by atoms with Crippen molar-refractivity contribution in [3.63, 3.8) is 0 Å². The smallest absolute Gasteiger partial charge is 0.231 e. The summed E-state index contributed by atoms with van der Waals surface area (Å²) in [6.07, 6.45) is 0. The molecule has 4 rings (SSSR count). The van der Waals surface area contributed by atoms with Gasteiger partial charge in [0.15, 0.2) is 17.3 Å². The van der Waals surface area contributed by atoms with Crippen LogP contribution in [0.5, 0.6) is 11.5 Å². The zero-order chi connectivity index (χ0) is 14.4. The zero-order valence-electron chi connectivity index (χ0n) is 10.9. The molecule has 0 atom stereocenters. The van der Waals surface area contributed by atoms with Crippen molar-refractivity contribution < 1.29 is 9.47 Å². The predicted octanol–water partition coefficient (Wildman–Crippen LogP) is 2.67. The first-order valence-corrected chi connectivity index (χ1v) is 8.24. The van der Waals surface area contributed by atoms with Crippen LogP contribution >= 0.6 is 27.7 Å². The van der Waals surface area contributed by atoms with Crippen LogP contribution in [0.2, 0.25) is 0 Å². The molecule has 21 heavy (non-hydrogen) atoms. The maximum atomic E-state index is 5.59. The molecule has 0 saturated carbocycles. The lowest BCUT2D eigenvalue weighted by Crippen LogP contribution is -2.12. The van der Waals surface area contributed by atoms with Crippen molar-refractivity contribution in [1.82, 2.24) is 9.97 Å². The normalized spacial score (nSPS) is 15.1. The summed E-state index contributed by atoms with van der Waals surface area (Å²) in [7, 11) is 0. The number of benzene rings is 1. The summed E-state index contributed by atoms with van der Waals surface area (Å²) in [5, 5.41) is 0. The summed E-state index contributed by atoms with van der Waals surface area (Å²) in [6.45, 7) is 0.231. The first-order valence-electron chi connectivity index (χ1n) is 6.30. The second-order valence-corrected chi connectivity index (χ2v) is 6.49. The van der Waals surface area contributed by atoms with E-state index < -0.39 is 0 Å². The molecule has 3 heterocycles. The highest BCUT2D eigenvalue weighted by Crippen LogP contribution is 2.42. The molecule has 2 aliphatic rings. The number of ether oxygens (including phenoxy) is 2. The maximum absolute atomic E-state index is 5.59. The quantitative estimate of drug-likeness (QED) is 0.624. The van der Waals surface area contributed by atoms with E-state index in [-0.39, 0.29) is 6.79 Å². The molecule has 3 N–H and O–H groups in total. The molecule has 1 aromatic carbocycles. The van der Waals surface area contributed by atoms with Gasteiger partial charge in [-0.2, -0.15) is 11.8 Å². The minimum Gasteiger partial charge on any atom is -0.454 e. The molecule has 0 radical (unpaired) electrons. The lowest BCUT2D eigenvalue weighted by atomic mass is 10.1. The molecule has 0 spiro atoms. The van der Waals surface area contributed by atoms with Crippen molar-refractivity contribution in [2.45, 2.75) is 11.5 Å². The molecule has 0 aliphatic carbocycles. The number of rotatable bonds is 2. The third kappa shape index (κ3) is 2.14. The van der Waals surface area contributed by atoms with Gasteiger partial charge in [0.2, 0.25) is 6.79 Å². The van der Waals surface area contributed by atoms with E-state index in [0.717, 1.165) is 32.8 Å². The van der Waals surface area contributed by atoms with Crippen LogP contribution in [0, 0.1) is 0 Å². The van der Waals surface area contributed by atoms with Crippen molar-refractivity contribution in [1.29, 1.82) is 0 Å². The van der Waals surface area contributed by atoms with E-state index in [9.17, 15) is 0 Å². The number of hydrogen-bond acceptors (Lipinski definition) is 7. The Balaban J connectivity index is 1.86. The van der Waals surface area contributed by atoms with Gasteiger partial charge in [0.1, 0.15) is 5.82 Å². The molecule has 108 valence electrons. The van der Waals surface area contributed by atoms with Crippen LogP contribution in [-0.2, 0) is 11.5 Å². The SMILES string of the molecule is NNc1nc(-c2cc(Br)c3c(c2)OCO3)nc2c1CSC2. The van der Waals surface area contributed by atoms with Crippen molar-refractivity contribution in [2.24, 2.45) is 5.84 Å². The summed E-state index contributed by atoms with van der Waals surface area (Å²) in [4.78, 5) is 9.18. The van der Waals surface area contributed by atoms with E-state index in [0.29, 0.717) is 23.1 Å². The minimum atomic E-state index is 0.231. The summed E-state index contributed by atoms with van der Waals surface area (Å²) in [6, 6.07) is 3.81. The van der Waals surface area contributed by atoms with Crippen LogP contribution < -0.4 is 20.7 Å². The summed E-state index contributed by atoms with van der Waals surface area (Å²) >= 11 is 5.30. The van der Waals surface area contributed by atoms with Crippen LogP contribution in [0.1, 0.15) is 11.3 Å². The van der Waals surface area contributed by atoms with E-state index in [1.165, 1.54) is 0 Å². The number of hydrazine groups is 1. The standard InChI is InChI=1S/C13H11BrN4O2S/c14-8-1-6(2-10-11(8)20-5-19-10)12-16-9-4-21-3-7(9)13(17-12)18-15/h1-2H,3-5,15H2,(H,16,17,18). The van der Waals surface area contributed by atoms with Crippen LogP contribution in [0.4, 0.5) is 5.82 Å². The highest BCUT2D eigenvalue weighted by atomic mass is 79.9. The van der Waals surface area contributed by atoms with Crippen LogP contribution in [-0.4, -0.2) is 16.8 Å². The Morgan fingerprint density at radius 3 is 3.00 bits per heavy atom. The zero-order valence-corrected chi connectivity index (χ0v) is 13.3. The first kappa shape index (κ1) is 13.2. The number of anilines is 1. The molecule has 6 nitrogen and oxygen atoms in total. The Kier molecular flexibility index (Phi) is 3.16. The molecular formula is C13H11BrN4O2S. The molecular weight excluding hydrogens is 356 g/mol. The highest BCUT2D eigenvalue weighted by molar-refractivity contribution is 9.10. The van der Waals surface area contributed by atoms with Crippen LogP contribution in [0.3, 0.4) is 0 Å². The summed E-state index contributed by atoms with van der Waals surface area (Å²) < 4.78 is 11.7. The molecule has 0 fully saturated rings. The Morgan fingerprint density at radius 2 is 2.14 bits per heavy atom. The van der Waals surface area contributed by atoms with Gasteiger partial charge in [-0.25, -0.2) is 15.8 Å². The highest BCUT2D eigenvalue weighted by Gasteiger charge is 2.23. The average Bonchev–Trinajstić information content (AvgIpc) is 3.14. The van der Waals surface area contributed by atoms with Crippen LogP contribution in [0.15, 0.2) is 16.6 Å². The fourth-order valence-corrected chi connectivity index (χ4v) is 3.99. The number of nitrogens with two attached hydrogens (primary N) is 1. The number of nitrogens with zero attached hydrogens (tertiary/aromatic N) is 2. The molecule has 8 heteroatoms. The van der Waals surface area contributed by atoms with Gasteiger partial charge in [0, 0.05) is 22.6 Å². The Labute approximate surface area is 133 Å². The van der Waals surface area contributed by atoms with Crippen LogP contribution in [0.25, 0.3) is 11.4 Å². The summed E-state index contributed by atoms with van der Waals surface area (Å²) in [5.74, 6) is 10.1. The van der Waals surface area contributed by atoms with Gasteiger partial charge in [-0.15, -0.1) is 0 Å². The van der Waals surface area contributed by atoms with Crippen molar-refractivity contribution >= 4 is 33.5 Å². The van der Waals surface area contributed by atoms with Gasteiger partial charge in [-0.1, -0.05) is 0 Å². The maximum Gasteiger partial charge on any atom is 0.231 e. The van der Waals surface area contributed by atoms with Crippen molar-refractivity contribution in [3.05, 3.63) is 27.9 Å². The monoisotopic (exact) mass is 366 g/mol. The van der Waals surface area contributed by atoms with Gasteiger partial charge in [0.25, 0.3) is 0 Å². The fourth-order valence-electron chi connectivity index (χ4n) is 2.40. The Morgan fingerprint density at radius 1 is 1.24 bits per heavy atom. The van der Waals surface area contributed by atoms with E-state index in [1.54, 1.807) is 0 Å². The third-order valence-electron chi connectivity index (χ3n) is 3.40. The number of aromatic nitrogens is 2. The van der Waals surface area contributed by atoms with Gasteiger partial charge in [-0.05, 0) is 28.1 Å². The Bertz CT molecular complexity index is 741. The van der Waals surface area contributed by atoms with Gasteiger partial charge in [0.05, 0.1) is 10.2 Å². The van der Waals surface area contributed by atoms with Crippen molar-refractivity contribution in [3.8, 4) is 22.9 Å². The summed E-state index contributed by atoms with van der Waals surface area (Å²) in [5.41, 5.74) is 5.66. The van der Waals surface area contributed by atoms with Gasteiger partial charge < -0.3 is 14.9 Å². The average molecular weight is 367 g/mol. The number of halogens is 1. The largest absolute Gasteiger partial charge is 0.454 e. The minimum absolute atomic E-state index is 0.231. The second kappa shape index (κ2) is 5.04. The lowest BCUT2D eigenvalue weighted by molar-refractivity contribution is 0.173. The number of nitrogens with one attached hydrogen (secondary N) is 1. The molecule has 1 aromatic heterocycles. The first-order chi connectivity index (χ1) is 10.3. The second-order valence-electron chi connectivity index (χ2n) is 4.65. The number of thioether (sulfide) groups is 1. The van der Waals surface area contributed by atoms with E-state index >= 15 is 0 Å². The lowest BCUT2D eigenvalue weighted by Gasteiger charge is -2.10. The molecule has 2 aromatic rings. The molecule has 0 unspecified atom stereocenters. The van der Waals surface area contributed by atoms with E-state index in [1.807, 2.05) is 23.9 Å². The van der Waals surface area contributed by atoms with Crippen molar-refractivity contribution in [2.75, 3.05) is 12.2 Å². The number of hydrogen-bond donors (Lipinski definition) is 2. The third-order valence-corrected chi connectivity index (χ3v) is 4.96. The van der Waals surface area contributed by atoms with E-state index in [2.05, 4.69) is 31.3 Å². The number of fused-ring (bicyclic) bond motifs is 2. The van der Waals surface area contributed by atoms with Gasteiger partial charge >= 0.3 is 0 Å². The molecule has 0 amide bonds. The Hall–Kier alpha value is -1.51. The molecule has 0 bridgehead atoms. The molecule has 2 aliphatic heterocycles.